The van der Waals surface area contributed by atoms with Crippen LogP contribution in [0.3, 0.4) is 0 Å². The molecule has 8 aromatic rings. The van der Waals surface area contributed by atoms with Gasteiger partial charge in [0.25, 0.3) is 0 Å². The van der Waals surface area contributed by atoms with Gasteiger partial charge >= 0.3 is 0 Å². The molecule has 1 unspecified atom stereocenters. The average Bonchev–Trinajstić information content (AvgIpc) is 3.83. The molecule has 5 heterocycles. The lowest BCUT2D eigenvalue weighted by molar-refractivity contribution is 0.669. The Balaban J connectivity index is 1.15. The van der Waals surface area contributed by atoms with E-state index in [4.69, 9.17) is 4.42 Å². The number of thiophene rings is 1. The zero-order chi connectivity index (χ0) is 27.4. The van der Waals surface area contributed by atoms with Gasteiger partial charge in [-0.25, -0.2) is 5.43 Å². The fourth-order valence-corrected chi connectivity index (χ4v) is 8.53. The quantitative estimate of drug-likeness (QED) is 0.229. The zero-order valence-corrected chi connectivity index (χ0v) is 23.5. The van der Waals surface area contributed by atoms with Crippen molar-refractivity contribution >= 4 is 60.8 Å². The van der Waals surface area contributed by atoms with Crippen molar-refractivity contribution in [2.75, 3.05) is 11.6 Å². The van der Waals surface area contributed by atoms with Crippen LogP contribution in [0.4, 0.5) is 5.69 Å². The van der Waals surface area contributed by atoms with Gasteiger partial charge in [0.1, 0.15) is 11.2 Å². The summed E-state index contributed by atoms with van der Waals surface area (Å²) in [6.07, 6.45) is 1.12. The van der Waals surface area contributed by atoms with Gasteiger partial charge in [0.05, 0.1) is 22.8 Å². The van der Waals surface area contributed by atoms with Gasteiger partial charge in [-0.05, 0) is 72.6 Å². The molecule has 1 saturated heterocycles. The second-order valence-corrected chi connectivity index (χ2v) is 12.4. The van der Waals surface area contributed by atoms with E-state index in [1.54, 1.807) is 0 Å². The smallest absolute Gasteiger partial charge is 0.135 e. The molecule has 0 radical (unpaired) electrons. The van der Waals surface area contributed by atoms with Gasteiger partial charge in [0, 0.05) is 54.7 Å². The molecule has 5 heteroatoms. The zero-order valence-electron chi connectivity index (χ0n) is 22.7. The number of para-hydroxylation sites is 3. The molecule has 3 aromatic heterocycles. The van der Waals surface area contributed by atoms with Crippen molar-refractivity contribution in [3.8, 4) is 27.3 Å². The number of hydrogen-bond donors (Lipinski definition) is 1. The van der Waals surface area contributed by atoms with E-state index >= 15 is 0 Å². The molecule has 42 heavy (non-hydrogen) atoms. The predicted molar refractivity (Wildman–Crippen MR) is 175 cm³/mol. The maximum atomic E-state index is 6.35. The molecule has 0 spiro atoms. The fraction of sp³-hybridized carbons (Fsp3) is 0.0811. The third-order valence-corrected chi connectivity index (χ3v) is 10.4. The van der Waals surface area contributed by atoms with E-state index in [0.717, 1.165) is 40.6 Å². The summed E-state index contributed by atoms with van der Waals surface area (Å²) < 4.78 is 8.73. The van der Waals surface area contributed by atoms with Crippen LogP contribution in [0.1, 0.15) is 17.3 Å². The fourth-order valence-electron chi connectivity index (χ4n) is 7.24. The topological polar surface area (TPSA) is 33.3 Å². The number of benzene rings is 5. The monoisotopic (exact) mass is 559 g/mol. The van der Waals surface area contributed by atoms with Gasteiger partial charge in [0.15, 0.2) is 0 Å². The van der Waals surface area contributed by atoms with Crippen molar-refractivity contribution in [3.63, 3.8) is 0 Å². The predicted octanol–water partition coefficient (Wildman–Crippen LogP) is 9.85. The number of hydrogen-bond acceptors (Lipinski definition) is 4. The molecule has 5 aromatic carbocycles. The van der Waals surface area contributed by atoms with E-state index < -0.39 is 0 Å². The second kappa shape index (κ2) is 8.35. The molecule has 10 rings (SSSR count). The van der Waals surface area contributed by atoms with E-state index in [1.807, 2.05) is 11.3 Å². The second-order valence-electron chi connectivity index (χ2n) is 11.4. The molecule has 1 fully saturated rings. The van der Waals surface area contributed by atoms with Crippen LogP contribution in [-0.4, -0.2) is 11.1 Å². The molecule has 2 aliphatic rings. The number of hydrazine groups is 1. The van der Waals surface area contributed by atoms with Gasteiger partial charge in [-0.1, -0.05) is 54.6 Å². The van der Waals surface area contributed by atoms with Crippen LogP contribution in [0.15, 0.2) is 120 Å². The van der Waals surface area contributed by atoms with Crippen LogP contribution in [0, 0.1) is 0 Å². The summed E-state index contributed by atoms with van der Waals surface area (Å²) in [5.41, 5.74) is 14.2. The molecule has 0 aliphatic carbocycles. The van der Waals surface area contributed by atoms with Crippen LogP contribution in [0.2, 0.25) is 0 Å². The molecule has 1 atom stereocenters. The number of aromatic nitrogens is 1. The van der Waals surface area contributed by atoms with Gasteiger partial charge in [-0.15, -0.1) is 11.3 Å². The van der Waals surface area contributed by atoms with Crippen LogP contribution >= 0.6 is 11.3 Å². The number of nitrogens with zero attached hydrogens (tertiary/aromatic N) is 2. The summed E-state index contributed by atoms with van der Waals surface area (Å²) in [7, 11) is 0. The summed E-state index contributed by atoms with van der Waals surface area (Å²) in [4.78, 5) is 2.76. The largest absolute Gasteiger partial charge is 0.456 e. The highest BCUT2D eigenvalue weighted by Crippen LogP contribution is 2.52. The highest BCUT2D eigenvalue weighted by molar-refractivity contribution is 7.16. The van der Waals surface area contributed by atoms with Crippen molar-refractivity contribution in [2.45, 2.75) is 12.5 Å². The summed E-state index contributed by atoms with van der Waals surface area (Å²) in [6, 6.07) is 42.2. The summed E-state index contributed by atoms with van der Waals surface area (Å²) in [5.74, 6) is 0. The highest BCUT2D eigenvalue weighted by Gasteiger charge is 2.36. The Bertz CT molecular complexity index is 2320. The van der Waals surface area contributed by atoms with Gasteiger partial charge in [-0.2, -0.15) is 0 Å². The molecular weight excluding hydrogens is 534 g/mol. The molecule has 0 bridgehead atoms. The van der Waals surface area contributed by atoms with Crippen molar-refractivity contribution in [1.82, 2.24) is 9.99 Å². The summed E-state index contributed by atoms with van der Waals surface area (Å²) in [5, 5.41) is 7.21. The van der Waals surface area contributed by atoms with Gasteiger partial charge in [-0.3, -0.25) is 5.01 Å². The summed E-state index contributed by atoms with van der Waals surface area (Å²) in [6.45, 7) is 1.01. The van der Waals surface area contributed by atoms with Crippen molar-refractivity contribution in [1.29, 1.82) is 0 Å². The first-order valence-electron chi connectivity index (χ1n) is 14.5. The average molecular weight is 560 g/mol. The van der Waals surface area contributed by atoms with Crippen LogP contribution in [-0.2, 0) is 0 Å². The van der Waals surface area contributed by atoms with Crippen LogP contribution in [0.25, 0.3) is 71.0 Å². The molecule has 0 amide bonds. The Labute approximate surface area is 246 Å². The number of anilines is 1. The van der Waals surface area contributed by atoms with Gasteiger partial charge < -0.3 is 8.98 Å². The minimum Gasteiger partial charge on any atom is -0.456 e. The maximum Gasteiger partial charge on any atom is 0.135 e. The molecule has 2 aliphatic heterocycles. The summed E-state index contributed by atoms with van der Waals surface area (Å²) >= 11 is 1.93. The van der Waals surface area contributed by atoms with E-state index in [0.29, 0.717) is 6.04 Å². The lowest BCUT2D eigenvalue weighted by Gasteiger charge is -2.32. The Hall–Kier alpha value is -4.84. The standard InChI is InChI=1S/C37H25N3OS/c1-4-10-30-24(7-1)25-8-2-5-11-31(25)39(30)23-14-16-35-28(20-23)27-19-22(13-15-34(27)41-35)36-21-29-26-9-3-6-12-32(26)40-33(17-18-38-40)37(29)42-36/h1-16,19-21,33,38H,17-18H2. The van der Waals surface area contributed by atoms with Crippen molar-refractivity contribution < 1.29 is 4.42 Å². The Morgan fingerprint density at radius 3 is 2.21 bits per heavy atom. The third kappa shape index (κ3) is 3.04. The van der Waals surface area contributed by atoms with Crippen LogP contribution < -0.4 is 10.4 Å². The Morgan fingerprint density at radius 2 is 1.38 bits per heavy atom. The molecule has 0 saturated carbocycles. The van der Waals surface area contributed by atoms with Crippen LogP contribution in [0.5, 0.6) is 0 Å². The van der Waals surface area contributed by atoms with Crippen molar-refractivity contribution in [3.05, 3.63) is 120 Å². The number of furan rings is 1. The number of rotatable bonds is 2. The third-order valence-electron chi connectivity index (χ3n) is 9.10. The van der Waals surface area contributed by atoms with Crippen molar-refractivity contribution in [2.24, 2.45) is 0 Å². The lowest BCUT2D eigenvalue weighted by Crippen LogP contribution is -2.34. The molecule has 4 nitrogen and oxygen atoms in total. The SMILES string of the molecule is c1ccc2c(c1)-c1cc(-c3ccc4oc5ccc(-n6c7ccccc7c7ccccc76)cc5c4c3)sc1C1CCNN21. The van der Waals surface area contributed by atoms with E-state index in [9.17, 15) is 0 Å². The molecule has 1 N–H and O–H groups in total. The normalized spacial score (nSPS) is 16.0. The Kier molecular flexibility index (Phi) is 4.53. The Morgan fingerprint density at radius 1 is 0.667 bits per heavy atom. The lowest BCUT2D eigenvalue weighted by atomic mass is 9.95. The minimum atomic E-state index is 0.390. The first kappa shape index (κ1) is 22.8. The van der Waals surface area contributed by atoms with E-state index in [1.165, 1.54) is 53.9 Å². The first-order valence-corrected chi connectivity index (χ1v) is 15.3. The maximum absolute atomic E-state index is 6.35. The molecular formula is C37H25N3OS. The molecule has 200 valence electrons. The van der Waals surface area contributed by atoms with E-state index in [-0.39, 0.29) is 0 Å². The minimum absolute atomic E-state index is 0.390. The number of fused-ring (bicyclic) bond motifs is 12. The van der Waals surface area contributed by atoms with E-state index in [2.05, 4.69) is 130 Å². The van der Waals surface area contributed by atoms with Gasteiger partial charge in [0.2, 0.25) is 0 Å². The highest BCUT2D eigenvalue weighted by atomic mass is 32.1. The first-order chi connectivity index (χ1) is 20.8. The number of nitrogens with one attached hydrogen (secondary N) is 1.